The van der Waals surface area contributed by atoms with Gasteiger partial charge in [0.25, 0.3) is 0 Å². The van der Waals surface area contributed by atoms with Gasteiger partial charge in [-0.1, -0.05) is 26.0 Å². The molecule has 0 fully saturated rings. The fraction of sp³-hybridized carbons (Fsp3) is 0.538. The molecule has 0 bridgehead atoms. The molecule has 0 saturated carbocycles. The number of halogens is 1. The first kappa shape index (κ1) is 12.2. The summed E-state index contributed by atoms with van der Waals surface area (Å²) < 4.78 is 12.7. The molecule has 1 aromatic carbocycles. The molecule has 2 heteroatoms. The maximum atomic E-state index is 12.7. The molecule has 1 aromatic rings. The standard InChI is InChI=1S/C13H20FN/c1-10(2)8-13(3,15)9-11-4-6-12(14)7-5-11/h4-7,10H,8-9,15H2,1-3H3. The predicted molar refractivity (Wildman–Crippen MR) is 62.2 cm³/mol. The third-order valence-electron chi connectivity index (χ3n) is 2.40. The van der Waals surface area contributed by atoms with Gasteiger partial charge < -0.3 is 5.73 Å². The Morgan fingerprint density at radius 3 is 2.27 bits per heavy atom. The fourth-order valence-electron chi connectivity index (χ4n) is 2.07. The Hall–Kier alpha value is -0.890. The van der Waals surface area contributed by atoms with Gasteiger partial charge in [-0.2, -0.15) is 0 Å². The van der Waals surface area contributed by atoms with Crippen LogP contribution in [-0.4, -0.2) is 5.54 Å². The summed E-state index contributed by atoms with van der Waals surface area (Å²) in [5.41, 5.74) is 7.09. The Morgan fingerprint density at radius 2 is 1.80 bits per heavy atom. The van der Waals surface area contributed by atoms with Crippen molar-refractivity contribution in [2.75, 3.05) is 0 Å². The summed E-state index contributed by atoms with van der Waals surface area (Å²) in [7, 11) is 0. The first-order valence-electron chi connectivity index (χ1n) is 5.42. The first-order chi connectivity index (χ1) is 6.89. The molecule has 0 aromatic heterocycles. The number of rotatable bonds is 4. The van der Waals surface area contributed by atoms with Crippen LogP contribution in [0.25, 0.3) is 0 Å². The van der Waals surface area contributed by atoms with Crippen molar-refractivity contribution in [3.05, 3.63) is 35.6 Å². The third kappa shape index (κ3) is 4.43. The summed E-state index contributed by atoms with van der Waals surface area (Å²) in [4.78, 5) is 0. The molecule has 0 aliphatic rings. The highest BCUT2D eigenvalue weighted by Crippen LogP contribution is 2.19. The molecule has 0 spiro atoms. The van der Waals surface area contributed by atoms with E-state index in [-0.39, 0.29) is 11.4 Å². The van der Waals surface area contributed by atoms with Crippen LogP contribution in [0.3, 0.4) is 0 Å². The monoisotopic (exact) mass is 209 g/mol. The van der Waals surface area contributed by atoms with Crippen LogP contribution in [0.5, 0.6) is 0 Å². The van der Waals surface area contributed by atoms with Gasteiger partial charge in [0, 0.05) is 5.54 Å². The van der Waals surface area contributed by atoms with Crippen LogP contribution in [0.15, 0.2) is 24.3 Å². The number of nitrogens with two attached hydrogens (primary N) is 1. The van der Waals surface area contributed by atoms with Crippen molar-refractivity contribution in [2.45, 2.75) is 39.2 Å². The molecule has 84 valence electrons. The Bertz CT molecular complexity index is 301. The van der Waals surface area contributed by atoms with Gasteiger partial charge in [0.1, 0.15) is 5.82 Å². The van der Waals surface area contributed by atoms with E-state index in [0.29, 0.717) is 5.92 Å². The van der Waals surface area contributed by atoms with Crippen molar-refractivity contribution in [3.8, 4) is 0 Å². The zero-order valence-electron chi connectivity index (χ0n) is 9.76. The molecular weight excluding hydrogens is 189 g/mol. The van der Waals surface area contributed by atoms with Gasteiger partial charge >= 0.3 is 0 Å². The molecular formula is C13H20FN. The highest BCUT2D eigenvalue weighted by atomic mass is 19.1. The van der Waals surface area contributed by atoms with Crippen molar-refractivity contribution in [3.63, 3.8) is 0 Å². The van der Waals surface area contributed by atoms with Gasteiger partial charge in [0.05, 0.1) is 0 Å². The Labute approximate surface area is 91.5 Å². The van der Waals surface area contributed by atoms with Gasteiger partial charge in [-0.25, -0.2) is 4.39 Å². The second kappa shape index (κ2) is 4.75. The minimum Gasteiger partial charge on any atom is -0.325 e. The van der Waals surface area contributed by atoms with Crippen LogP contribution in [0.1, 0.15) is 32.8 Å². The maximum Gasteiger partial charge on any atom is 0.123 e. The molecule has 1 nitrogen and oxygen atoms in total. The minimum absolute atomic E-state index is 0.193. The van der Waals surface area contributed by atoms with E-state index in [0.717, 1.165) is 18.4 Å². The fourth-order valence-corrected chi connectivity index (χ4v) is 2.07. The van der Waals surface area contributed by atoms with Crippen molar-refractivity contribution < 1.29 is 4.39 Å². The van der Waals surface area contributed by atoms with E-state index in [1.54, 1.807) is 12.1 Å². The summed E-state index contributed by atoms with van der Waals surface area (Å²) in [5, 5.41) is 0. The number of benzene rings is 1. The highest BCUT2D eigenvalue weighted by molar-refractivity contribution is 5.18. The summed E-state index contributed by atoms with van der Waals surface area (Å²) in [6, 6.07) is 6.59. The summed E-state index contributed by atoms with van der Waals surface area (Å²) >= 11 is 0. The molecule has 0 amide bonds. The van der Waals surface area contributed by atoms with Gasteiger partial charge in [0.2, 0.25) is 0 Å². The topological polar surface area (TPSA) is 26.0 Å². The molecule has 2 N–H and O–H groups in total. The van der Waals surface area contributed by atoms with Gasteiger partial charge in [-0.05, 0) is 43.4 Å². The smallest absolute Gasteiger partial charge is 0.123 e. The normalized spacial score (nSPS) is 15.3. The molecule has 0 saturated heterocycles. The number of hydrogen-bond acceptors (Lipinski definition) is 1. The van der Waals surface area contributed by atoms with Crippen LogP contribution in [0, 0.1) is 11.7 Å². The Morgan fingerprint density at radius 1 is 1.27 bits per heavy atom. The van der Waals surface area contributed by atoms with E-state index < -0.39 is 0 Å². The zero-order chi connectivity index (χ0) is 11.5. The maximum absolute atomic E-state index is 12.7. The lowest BCUT2D eigenvalue weighted by atomic mass is 9.86. The van der Waals surface area contributed by atoms with Crippen LogP contribution in [0.2, 0.25) is 0 Å². The van der Waals surface area contributed by atoms with Crippen molar-refractivity contribution in [1.82, 2.24) is 0 Å². The SMILES string of the molecule is CC(C)CC(C)(N)Cc1ccc(F)cc1. The summed E-state index contributed by atoms with van der Waals surface area (Å²) in [6.45, 7) is 6.38. The molecule has 0 heterocycles. The van der Waals surface area contributed by atoms with E-state index in [2.05, 4.69) is 20.8 Å². The van der Waals surface area contributed by atoms with E-state index in [1.165, 1.54) is 12.1 Å². The first-order valence-corrected chi connectivity index (χ1v) is 5.42. The largest absolute Gasteiger partial charge is 0.325 e. The molecule has 15 heavy (non-hydrogen) atoms. The second-order valence-electron chi connectivity index (χ2n) is 5.06. The predicted octanol–water partition coefficient (Wildman–Crippen LogP) is 3.13. The van der Waals surface area contributed by atoms with E-state index in [9.17, 15) is 4.39 Å². The molecule has 1 atom stereocenters. The minimum atomic E-state index is -0.202. The molecule has 0 aliphatic heterocycles. The summed E-state index contributed by atoms with van der Waals surface area (Å²) in [5.74, 6) is 0.391. The molecule has 0 aliphatic carbocycles. The summed E-state index contributed by atoms with van der Waals surface area (Å²) in [6.07, 6.45) is 1.77. The number of hydrogen-bond donors (Lipinski definition) is 1. The van der Waals surface area contributed by atoms with Crippen LogP contribution in [-0.2, 0) is 6.42 Å². The van der Waals surface area contributed by atoms with Crippen molar-refractivity contribution >= 4 is 0 Å². The second-order valence-corrected chi connectivity index (χ2v) is 5.06. The Kier molecular flexibility index (Phi) is 3.86. The molecule has 0 radical (unpaired) electrons. The average molecular weight is 209 g/mol. The quantitative estimate of drug-likeness (QED) is 0.810. The molecule has 1 unspecified atom stereocenters. The van der Waals surface area contributed by atoms with Crippen LogP contribution in [0.4, 0.5) is 4.39 Å². The average Bonchev–Trinajstić information content (AvgIpc) is 2.06. The van der Waals surface area contributed by atoms with E-state index in [4.69, 9.17) is 5.73 Å². The zero-order valence-corrected chi connectivity index (χ0v) is 9.76. The van der Waals surface area contributed by atoms with E-state index >= 15 is 0 Å². The van der Waals surface area contributed by atoms with Crippen molar-refractivity contribution in [1.29, 1.82) is 0 Å². The van der Waals surface area contributed by atoms with E-state index in [1.807, 2.05) is 0 Å². The van der Waals surface area contributed by atoms with Gasteiger partial charge in [-0.15, -0.1) is 0 Å². The van der Waals surface area contributed by atoms with Gasteiger partial charge in [0.15, 0.2) is 0 Å². The molecule has 1 rings (SSSR count). The van der Waals surface area contributed by atoms with Crippen LogP contribution >= 0.6 is 0 Å². The highest BCUT2D eigenvalue weighted by Gasteiger charge is 2.20. The lowest BCUT2D eigenvalue weighted by Crippen LogP contribution is -2.39. The third-order valence-corrected chi connectivity index (χ3v) is 2.40. The van der Waals surface area contributed by atoms with Crippen molar-refractivity contribution in [2.24, 2.45) is 11.7 Å². The lowest BCUT2D eigenvalue weighted by Gasteiger charge is -2.26. The lowest BCUT2D eigenvalue weighted by molar-refractivity contribution is 0.367. The van der Waals surface area contributed by atoms with Crippen LogP contribution < -0.4 is 5.73 Å². The van der Waals surface area contributed by atoms with Gasteiger partial charge in [-0.3, -0.25) is 0 Å². The Balaban J connectivity index is 2.64.